The van der Waals surface area contributed by atoms with E-state index in [1.807, 2.05) is 18.2 Å². The molecule has 30 heavy (non-hydrogen) atoms. The summed E-state index contributed by atoms with van der Waals surface area (Å²) in [5.74, 6) is 0.660. The first kappa shape index (κ1) is 19.6. The molecule has 156 valence electrons. The Labute approximate surface area is 177 Å². The van der Waals surface area contributed by atoms with Crippen LogP contribution in [-0.4, -0.2) is 20.3 Å². The highest BCUT2D eigenvalue weighted by Gasteiger charge is 2.49. The molecular weight excluding hydrogens is 399 g/mol. The Balaban J connectivity index is 1.77. The van der Waals surface area contributed by atoms with Crippen LogP contribution in [0.1, 0.15) is 56.1 Å². The van der Waals surface area contributed by atoms with Crippen molar-refractivity contribution >= 4 is 21.0 Å². The minimum atomic E-state index is -3.27. The summed E-state index contributed by atoms with van der Waals surface area (Å²) in [5.41, 5.74) is 4.75. The second-order valence-electron chi connectivity index (χ2n) is 8.65. The molecule has 5 rings (SSSR count). The molecule has 0 unspecified atom stereocenters. The second kappa shape index (κ2) is 7.09. The molecule has 2 aliphatic carbocycles. The Bertz CT molecular complexity index is 1160. The van der Waals surface area contributed by atoms with Gasteiger partial charge in [0, 0.05) is 17.4 Å². The molecule has 0 N–H and O–H groups in total. The van der Waals surface area contributed by atoms with Gasteiger partial charge >= 0.3 is 0 Å². The zero-order valence-electron chi connectivity index (χ0n) is 17.1. The van der Waals surface area contributed by atoms with Crippen molar-refractivity contribution in [2.45, 2.75) is 55.4 Å². The summed E-state index contributed by atoms with van der Waals surface area (Å²) >= 11 is 0. The molecule has 0 radical (unpaired) electrons. The lowest BCUT2D eigenvalue weighted by Gasteiger charge is -2.29. The molecular formula is C25H25FO3S. The molecule has 0 bridgehead atoms. The van der Waals surface area contributed by atoms with Crippen molar-refractivity contribution in [3.05, 3.63) is 76.8 Å². The third kappa shape index (κ3) is 3.20. The van der Waals surface area contributed by atoms with Crippen LogP contribution in [0.5, 0.6) is 0 Å². The quantitative estimate of drug-likeness (QED) is 0.614. The summed E-state index contributed by atoms with van der Waals surface area (Å²) in [6, 6.07) is 13.8. The van der Waals surface area contributed by atoms with E-state index in [1.54, 1.807) is 24.3 Å². The summed E-state index contributed by atoms with van der Waals surface area (Å²) in [5, 5.41) is 0. The highest BCUT2D eigenvalue weighted by atomic mass is 32.2. The van der Waals surface area contributed by atoms with Gasteiger partial charge < -0.3 is 4.74 Å². The third-order valence-electron chi connectivity index (χ3n) is 6.60. The molecule has 0 aromatic heterocycles. The smallest absolute Gasteiger partial charge is 0.175 e. The van der Waals surface area contributed by atoms with E-state index in [-0.39, 0.29) is 5.82 Å². The third-order valence-corrected chi connectivity index (χ3v) is 7.73. The van der Waals surface area contributed by atoms with Crippen LogP contribution in [0.3, 0.4) is 0 Å². The fourth-order valence-electron chi connectivity index (χ4n) is 4.96. The van der Waals surface area contributed by atoms with Gasteiger partial charge in [0.25, 0.3) is 0 Å². The van der Waals surface area contributed by atoms with E-state index in [0.717, 1.165) is 73.0 Å². The first-order valence-electron chi connectivity index (χ1n) is 10.6. The number of allylic oxidation sites excluding steroid dienone is 2. The van der Waals surface area contributed by atoms with Gasteiger partial charge in [-0.15, -0.1) is 0 Å². The number of hydrogen-bond donors (Lipinski definition) is 0. The predicted molar refractivity (Wildman–Crippen MR) is 116 cm³/mol. The van der Waals surface area contributed by atoms with Gasteiger partial charge in [0.2, 0.25) is 0 Å². The average molecular weight is 425 g/mol. The van der Waals surface area contributed by atoms with Crippen molar-refractivity contribution < 1.29 is 17.5 Å². The van der Waals surface area contributed by atoms with Gasteiger partial charge in [0.1, 0.15) is 17.2 Å². The van der Waals surface area contributed by atoms with Crippen LogP contribution in [0.2, 0.25) is 0 Å². The molecule has 2 aromatic rings. The first-order chi connectivity index (χ1) is 14.4. The molecule has 2 fully saturated rings. The number of ether oxygens (including phenoxy) is 1. The second-order valence-corrected chi connectivity index (χ2v) is 10.7. The van der Waals surface area contributed by atoms with Gasteiger partial charge in [-0.1, -0.05) is 24.3 Å². The van der Waals surface area contributed by atoms with Crippen LogP contribution in [0, 0.1) is 5.82 Å². The lowest BCUT2D eigenvalue weighted by Crippen LogP contribution is -2.26. The summed E-state index contributed by atoms with van der Waals surface area (Å²) in [7, 11) is -3.27. The summed E-state index contributed by atoms with van der Waals surface area (Å²) in [4.78, 5) is 0.302. The number of rotatable bonds is 3. The Morgan fingerprint density at radius 1 is 0.933 bits per heavy atom. The molecule has 2 saturated carbocycles. The van der Waals surface area contributed by atoms with Crippen molar-refractivity contribution in [2.24, 2.45) is 0 Å². The van der Waals surface area contributed by atoms with Crippen LogP contribution < -0.4 is 0 Å². The molecule has 0 amide bonds. The molecule has 5 heteroatoms. The van der Waals surface area contributed by atoms with Crippen molar-refractivity contribution in [3.63, 3.8) is 0 Å². The number of halogens is 1. The first-order valence-corrected chi connectivity index (χ1v) is 12.5. The summed E-state index contributed by atoms with van der Waals surface area (Å²) in [6.45, 7) is 0. The Morgan fingerprint density at radius 2 is 1.63 bits per heavy atom. The van der Waals surface area contributed by atoms with E-state index in [0.29, 0.717) is 4.90 Å². The Hall–Kier alpha value is -2.40. The van der Waals surface area contributed by atoms with E-state index in [2.05, 4.69) is 0 Å². The molecule has 0 saturated heterocycles. The fraction of sp³-hybridized carbons (Fsp3) is 0.360. The van der Waals surface area contributed by atoms with Crippen LogP contribution in [0.15, 0.2) is 64.8 Å². The fourth-order valence-corrected chi connectivity index (χ4v) is 5.59. The van der Waals surface area contributed by atoms with Gasteiger partial charge in [-0.2, -0.15) is 0 Å². The van der Waals surface area contributed by atoms with Crippen LogP contribution in [-0.2, 0) is 14.6 Å². The maximum absolute atomic E-state index is 14.2. The van der Waals surface area contributed by atoms with E-state index >= 15 is 0 Å². The highest BCUT2D eigenvalue weighted by molar-refractivity contribution is 7.90. The van der Waals surface area contributed by atoms with Crippen molar-refractivity contribution in [3.8, 4) is 0 Å². The largest absolute Gasteiger partial charge is 0.482 e. The molecule has 2 aromatic carbocycles. The standard InChI is InChI=1S/C25H25FO3S/c1-30(27,28)21-12-10-17(11-13-21)23-22(19-8-5-9-20(26)16-19)24(18-6-4-7-18)29-25(23)14-2-3-15-25/h5,8-13,16H,2-4,6-7,14-15H2,1H3. The van der Waals surface area contributed by atoms with Crippen molar-refractivity contribution in [2.75, 3.05) is 6.26 Å². The SMILES string of the molecule is CS(=O)(=O)c1ccc(C2=C(c3cccc(F)c3)C(=C3CCC3)OC23CCCC3)cc1. The van der Waals surface area contributed by atoms with E-state index in [4.69, 9.17) is 4.74 Å². The highest BCUT2D eigenvalue weighted by Crippen LogP contribution is 2.57. The van der Waals surface area contributed by atoms with Crippen molar-refractivity contribution in [1.82, 2.24) is 0 Å². The number of sulfone groups is 1. The summed E-state index contributed by atoms with van der Waals surface area (Å²) < 4.78 is 44.8. The zero-order chi connectivity index (χ0) is 20.9. The molecule has 3 aliphatic rings. The van der Waals surface area contributed by atoms with E-state index < -0.39 is 15.4 Å². The van der Waals surface area contributed by atoms with E-state index in [9.17, 15) is 12.8 Å². The number of hydrogen-bond acceptors (Lipinski definition) is 3. The normalized spacial score (nSPS) is 20.6. The minimum Gasteiger partial charge on any atom is -0.482 e. The van der Waals surface area contributed by atoms with Gasteiger partial charge in [0.15, 0.2) is 9.84 Å². The Morgan fingerprint density at radius 3 is 2.20 bits per heavy atom. The molecule has 1 heterocycles. The Kier molecular flexibility index (Phi) is 4.62. The maximum Gasteiger partial charge on any atom is 0.175 e. The van der Waals surface area contributed by atoms with Crippen LogP contribution in [0.4, 0.5) is 4.39 Å². The minimum absolute atomic E-state index is 0.267. The number of benzene rings is 2. The van der Waals surface area contributed by atoms with Crippen molar-refractivity contribution in [1.29, 1.82) is 0 Å². The molecule has 0 atom stereocenters. The lowest BCUT2D eigenvalue weighted by molar-refractivity contribution is 0.0786. The summed E-state index contributed by atoms with van der Waals surface area (Å²) in [6.07, 6.45) is 8.43. The van der Waals surface area contributed by atoms with Gasteiger partial charge in [0.05, 0.1) is 4.90 Å². The molecule has 1 spiro atoms. The maximum atomic E-state index is 14.2. The van der Waals surface area contributed by atoms with Gasteiger partial charge in [-0.05, 0) is 85.9 Å². The molecule has 3 nitrogen and oxygen atoms in total. The average Bonchev–Trinajstić information content (AvgIpc) is 3.25. The van der Waals surface area contributed by atoms with Crippen LogP contribution >= 0.6 is 0 Å². The monoisotopic (exact) mass is 424 g/mol. The van der Waals surface area contributed by atoms with Gasteiger partial charge in [-0.25, -0.2) is 12.8 Å². The molecule has 1 aliphatic heterocycles. The van der Waals surface area contributed by atoms with Crippen LogP contribution in [0.25, 0.3) is 11.1 Å². The van der Waals surface area contributed by atoms with Gasteiger partial charge in [-0.3, -0.25) is 0 Å². The predicted octanol–water partition coefficient (Wildman–Crippen LogP) is 5.92. The topological polar surface area (TPSA) is 43.4 Å². The van der Waals surface area contributed by atoms with E-state index in [1.165, 1.54) is 17.9 Å². The lowest BCUT2D eigenvalue weighted by atomic mass is 9.81. The zero-order valence-corrected chi connectivity index (χ0v) is 17.9.